The Bertz CT molecular complexity index is 1370. The molecule has 2 aliphatic heterocycles. The van der Waals surface area contributed by atoms with E-state index in [2.05, 4.69) is 14.9 Å². The van der Waals surface area contributed by atoms with Gasteiger partial charge in [-0.1, -0.05) is 0 Å². The Morgan fingerprint density at radius 1 is 1.33 bits per heavy atom. The molecule has 0 spiro atoms. The third-order valence-corrected chi connectivity index (χ3v) is 7.69. The maximum absolute atomic E-state index is 14.0. The molecule has 0 radical (unpaired) electrons. The van der Waals surface area contributed by atoms with Gasteiger partial charge in [0, 0.05) is 40.7 Å². The first-order chi connectivity index (χ1) is 16.8. The van der Waals surface area contributed by atoms with Crippen LogP contribution in [0.4, 0.5) is 10.6 Å². The minimum absolute atomic E-state index is 0.178. The number of benzene rings is 1. The number of carbonyl (C=O) groups is 2. The SMILES string of the molecule is CC1(CN2CC[N@+](C)(C(=O)O)C(C(=O)c3ccc4[nH]ccc4c3)C2(C)C)Cn2cc([N+](=O)[O-])nc2O1. The van der Waals surface area contributed by atoms with Crippen molar-refractivity contribution < 1.29 is 28.8 Å². The van der Waals surface area contributed by atoms with Gasteiger partial charge in [-0.15, -0.1) is 0 Å². The lowest BCUT2D eigenvalue weighted by Crippen LogP contribution is -2.77. The maximum atomic E-state index is 14.0. The molecule has 1 fully saturated rings. The Kier molecular flexibility index (Phi) is 5.23. The quantitative estimate of drug-likeness (QED) is 0.237. The van der Waals surface area contributed by atoms with E-state index in [0.717, 1.165) is 10.9 Å². The number of quaternary nitrogens is 1. The van der Waals surface area contributed by atoms with E-state index >= 15 is 0 Å². The molecular weight excluding hydrogens is 468 g/mol. The fourth-order valence-electron chi connectivity index (χ4n) is 5.82. The van der Waals surface area contributed by atoms with Crippen LogP contribution in [0.2, 0.25) is 0 Å². The largest absolute Gasteiger partial charge is 0.514 e. The molecule has 3 aromatic rings. The van der Waals surface area contributed by atoms with Crippen LogP contribution in [0.15, 0.2) is 36.7 Å². The van der Waals surface area contributed by atoms with E-state index in [1.807, 2.05) is 32.9 Å². The average Bonchev–Trinajstić information content (AvgIpc) is 3.48. The molecule has 2 unspecified atom stereocenters. The lowest BCUT2D eigenvalue weighted by molar-refractivity contribution is -0.866. The van der Waals surface area contributed by atoms with Crippen molar-refractivity contribution in [2.24, 2.45) is 0 Å². The van der Waals surface area contributed by atoms with Crippen molar-refractivity contribution >= 4 is 28.6 Å². The number of ketones is 1. The van der Waals surface area contributed by atoms with Gasteiger partial charge in [0.2, 0.25) is 5.78 Å². The summed E-state index contributed by atoms with van der Waals surface area (Å²) in [4.78, 5) is 46.1. The Morgan fingerprint density at radius 2 is 2.08 bits per heavy atom. The number of amides is 1. The van der Waals surface area contributed by atoms with Crippen LogP contribution in [0, 0.1) is 10.1 Å². The molecule has 0 aliphatic carbocycles. The number of fused-ring (bicyclic) bond motifs is 2. The zero-order valence-electron chi connectivity index (χ0n) is 20.6. The predicted molar refractivity (Wildman–Crippen MR) is 129 cm³/mol. The number of nitro groups is 1. The Morgan fingerprint density at radius 3 is 2.75 bits per heavy atom. The van der Waals surface area contributed by atoms with Gasteiger partial charge in [0.25, 0.3) is 0 Å². The number of nitrogens with zero attached hydrogens (tertiary/aromatic N) is 5. The van der Waals surface area contributed by atoms with Crippen LogP contribution >= 0.6 is 0 Å². The zero-order valence-corrected chi connectivity index (χ0v) is 20.6. The monoisotopic (exact) mass is 497 g/mol. The fraction of sp³-hybridized carbons (Fsp3) is 0.458. The highest BCUT2D eigenvalue weighted by molar-refractivity contribution is 6.03. The van der Waals surface area contributed by atoms with Crippen LogP contribution in [0.5, 0.6) is 6.01 Å². The van der Waals surface area contributed by atoms with Crippen LogP contribution in [-0.2, 0) is 6.54 Å². The molecule has 4 heterocycles. The summed E-state index contributed by atoms with van der Waals surface area (Å²) in [6.45, 7) is 7.07. The molecule has 12 nitrogen and oxygen atoms in total. The van der Waals surface area contributed by atoms with Crippen LogP contribution in [0.3, 0.4) is 0 Å². The Labute approximate surface area is 206 Å². The maximum Gasteiger partial charge on any atom is 0.514 e. The number of aromatic nitrogens is 3. The summed E-state index contributed by atoms with van der Waals surface area (Å²) in [7, 11) is 1.60. The number of ether oxygens (including phenoxy) is 1. The van der Waals surface area contributed by atoms with Crippen molar-refractivity contribution in [1.82, 2.24) is 19.4 Å². The van der Waals surface area contributed by atoms with Gasteiger partial charge >= 0.3 is 17.9 Å². The normalized spacial score (nSPS) is 27.5. The van der Waals surface area contributed by atoms with Crippen molar-refractivity contribution in [2.45, 2.75) is 44.5 Å². The van der Waals surface area contributed by atoms with E-state index < -0.39 is 32.7 Å². The minimum Gasteiger partial charge on any atom is -0.436 e. The van der Waals surface area contributed by atoms with Crippen LogP contribution in [0.1, 0.15) is 31.1 Å². The number of carbonyl (C=O) groups excluding carboxylic acids is 1. The van der Waals surface area contributed by atoms with Crippen molar-refractivity contribution in [3.63, 3.8) is 0 Å². The topological polar surface area (TPSA) is 144 Å². The van der Waals surface area contributed by atoms with Crippen molar-refractivity contribution in [3.8, 4) is 6.01 Å². The molecule has 1 amide bonds. The lowest BCUT2D eigenvalue weighted by atomic mass is 9.81. The average molecular weight is 498 g/mol. The summed E-state index contributed by atoms with van der Waals surface area (Å²) in [5.74, 6) is -0.510. The number of hydrogen-bond donors (Lipinski definition) is 2. The van der Waals surface area contributed by atoms with Crippen molar-refractivity contribution in [2.75, 3.05) is 26.7 Å². The van der Waals surface area contributed by atoms with E-state index in [1.54, 1.807) is 29.9 Å². The number of likely N-dealkylation sites (N-methyl/N-ethyl adjacent to an activating group) is 1. The highest BCUT2D eigenvalue weighted by atomic mass is 16.6. The van der Waals surface area contributed by atoms with Crippen LogP contribution in [-0.4, -0.2) is 89.7 Å². The summed E-state index contributed by atoms with van der Waals surface area (Å²) in [6, 6.07) is 6.52. The number of hydrogen-bond acceptors (Lipinski definition) is 7. The van der Waals surface area contributed by atoms with Gasteiger partial charge in [-0.3, -0.25) is 14.3 Å². The summed E-state index contributed by atoms with van der Waals surface area (Å²) < 4.78 is 7.22. The second-order valence-electron chi connectivity index (χ2n) is 10.7. The van der Waals surface area contributed by atoms with E-state index in [4.69, 9.17) is 4.74 Å². The first-order valence-corrected chi connectivity index (χ1v) is 11.7. The molecule has 5 rings (SSSR count). The standard InChI is InChI=1S/C24H28N6O6/c1-23(2)20(19(31)16-5-6-17-15(11-16)7-8-25-17)30(4,22(32)33)10-9-28(23)14-24(3)13-27-12-18(29(34)35)26-21(27)36-24/h5-8,11-12,20H,9-10,13-14H2,1-4H3,(H-,25,31,32,33)/p+1/t20?,24?,30-/m0/s1. The molecule has 36 heavy (non-hydrogen) atoms. The number of H-pyrrole nitrogens is 1. The van der Waals surface area contributed by atoms with E-state index in [9.17, 15) is 24.8 Å². The van der Waals surface area contributed by atoms with E-state index in [1.165, 1.54) is 6.20 Å². The van der Waals surface area contributed by atoms with Crippen LogP contribution in [0.25, 0.3) is 10.9 Å². The van der Waals surface area contributed by atoms with Crippen molar-refractivity contribution in [1.29, 1.82) is 0 Å². The first-order valence-electron chi connectivity index (χ1n) is 11.7. The number of rotatable bonds is 5. The number of aromatic amines is 1. The van der Waals surface area contributed by atoms with E-state index in [-0.39, 0.29) is 24.2 Å². The molecular formula is C24H29N6O6+. The smallest absolute Gasteiger partial charge is 0.436 e. The molecule has 190 valence electrons. The molecule has 3 atom stereocenters. The predicted octanol–water partition coefficient (Wildman–Crippen LogP) is 2.89. The van der Waals surface area contributed by atoms with Gasteiger partial charge in [0.05, 0.1) is 19.1 Å². The molecule has 1 aromatic carbocycles. The highest BCUT2D eigenvalue weighted by Crippen LogP contribution is 2.38. The molecule has 0 saturated carbocycles. The summed E-state index contributed by atoms with van der Waals surface area (Å²) in [5, 5.41) is 22.1. The zero-order chi connectivity index (χ0) is 26.0. The van der Waals surface area contributed by atoms with Gasteiger partial charge in [-0.2, -0.15) is 4.79 Å². The summed E-state index contributed by atoms with van der Waals surface area (Å²) in [6.07, 6.45) is 2.09. The molecule has 12 heteroatoms. The van der Waals surface area contributed by atoms with Crippen molar-refractivity contribution in [3.05, 3.63) is 52.3 Å². The minimum atomic E-state index is -1.06. The second-order valence-corrected chi connectivity index (χ2v) is 10.7. The Balaban J connectivity index is 1.45. The van der Waals surface area contributed by atoms with Gasteiger partial charge in [-0.05, 0) is 50.0 Å². The van der Waals surface area contributed by atoms with Gasteiger partial charge in [-0.25, -0.2) is 4.48 Å². The number of carboxylic acid groups (broad SMARTS) is 1. The third-order valence-electron chi connectivity index (χ3n) is 7.69. The molecule has 2 aromatic heterocycles. The fourth-order valence-corrected chi connectivity index (χ4v) is 5.82. The Hall–Kier alpha value is -3.77. The van der Waals surface area contributed by atoms with Crippen LogP contribution < -0.4 is 4.74 Å². The molecule has 2 aliphatic rings. The number of Topliss-reactive ketones (excluding diaryl/α,β-unsaturated/α-hetero) is 1. The summed E-state index contributed by atoms with van der Waals surface area (Å²) in [5.41, 5.74) is -0.242. The molecule has 1 saturated heterocycles. The first kappa shape index (κ1) is 23.9. The number of nitrogens with one attached hydrogen (secondary N) is 1. The van der Waals surface area contributed by atoms with Gasteiger partial charge in [0.15, 0.2) is 6.04 Å². The molecule has 2 N–H and O–H groups in total. The number of piperazine rings is 1. The highest BCUT2D eigenvalue weighted by Gasteiger charge is 2.60. The summed E-state index contributed by atoms with van der Waals surface area (Å²) >= 11 is 0. The van der Waals surface area contributed by atoms with Gasteiger partial charge in [0.1, 0.15) is 18.3 Å². The third kappa shape index (κ3) is 3.64. The molecule has 0 bridgehead atoms. The van der Waals surface area contributed by atoms with Gasteiger partial charge < -0.3 is 24.9 Å². The lowest BCUT2D eigenvalue weighted by Gasteiger charge is -2.54. The number of imidazole rings is 1. The second kappa shape index (κ2) is 7.87. The van der Waals surface area contributed by atoms with E-state index in [0.29, 0.717) is 25.2 Å².